The first-order valence-electron chi connectivity index (χ1n) is 17.8. The Balaban J connectivity index is 0.000000228. The van der Waals surface area contributed by atoms with Crippen LogP contribution in [0.2, 0.25) is 10.3 Å². The summed E-state index contributed by atoms with van der Waals surface area (Å²) in [4.78, 5) is 31.4. The molecule has 6 heterocycles. The monoisotopic (exact) mass is 922 g/mol. The van der Waals surface area contributed by atoms with Crippen LogP contribution in [-0.4, -0.2) is 97.0 Å². The Labute approximate surface area is 361 Å². The lowest BCUT2D eigenvalue weighted by molar-refractivity contribution is 0.0696. The number of hydrogen-bond acceptors (Lipinski definition) is 14. The van der Waals surface area contributed by atoms with E-state index in [1.165, 1.54) is 46.7 Å². The van der Waals surface area contributed by atoms with E-state index in [0.29, 0.717) is 48.0 Å². The number of aromatic nitrogens is 10. The number of sulfonamides is 2. The Morgan fingerprint density at radius 1 is 0.738 bits per heavy atom. The van der Waals surface area contributed by atoms with Gasteiger partial charge in [0, 0.05) is 24.5 Å². The third-order valence-corrected chi connectivity index (χ3v) is 10.5. The second kappa shape index (κ2) is 19.2. The first-order chi connectivity index (χ1) is 28.2. The lowest BCUT2D eigenvalue weighted by Crippen LogP contribution is -2.31. The molecular weight excluding hydrogens is 880 g/mol. The largest absolute Gasteiger partial charge is 0.478 e. The van der Waals surface area contributed by atoms with Gasteiger partial charge >= 0.3 is 5.97 Å². The number of amides is 1. The highest BCUT2D eigenvalue weighted by Gasteiger charge is 2.24. The van der Waals surface area contributed by atoms with Crippen LogP contribution in [0.25, 0.3) is 11.6 Å². The van der Waals surface area contributed by atoms with Crippen molar-refractivity contribution in [2.75, 3.05) is 13.2 Å². The van der Waals surface area contributed by atoms with Gasteiger partial charge in [0.2, 0.25) is 21.8 Å². The first kappa shape index (κ1) is 47.8. The van der Waals surface area contributed by atoms with Gasteiger partial charge in [-0.2, -0.15) is 10.2 Å². The number of halogens is 2. The molecule has 0 fully saturated rings. The van der Waals surface area contributed by atoms with E-state index in [-0.39, 0.29) is 42.1 Å². The molecule has 6 rings (SSSR count). The van der Waals surface area contributed by atoms with Gasteiger partial charge in [-0.25, -0.2) is 50.8 Å². The van der Waals surface area contributed by atoms with Crippen LogP contribution in [0.15, 0.2) is 71.0 Å². The summed E-state index contributed by atoms with van der Waals surface area (Å²) in [5.41, 5.74) is 0.642. The number of nitrogens with two attached hydrogens (primary N) is 1. The lowest BCUT2D eigenvalue weighted by Gasteiger charge is -2.17. The molecule has 0 saturated carbocycles. The standard InChI is InChI=1S/C18H21ClN6O4S.C14H16ClN3O3.C4H7N3O2S/c1-11-13(9-20-22-11)30(27,28)24-17(26)12-5-6-14(21-16(12)19)25-8-7-15(23-25)29-10-18(2,3)4;1-14(2,3)8-21-11-6-7-18(17-11)10-5-4-9(13(19)20)12(15)16-10;1-3-4(2-6-7-3)10(5,8)9/h5-9H,10H2,1-4H3,(H,20,22)(H,24,26);4-7H,8H2,1-3H3,(H,19,20);2H,1H3,(H,6,7)(H2,5,8,9). The van der Waals surface area contributed by atoms with Crippen molar-refractivity contribution in [2.45, 2.75) is 65.2 Å². The average Bonchev–Trinajstić information content (AvgIpc) is 3.97. The van der Waals surface area contributed by atoms with Gasteiger partial charge in [0.25, 0.3) is 15.9 Å². The summed E-state index contributed by atoms with van der Waals surface area (Å²) in [5, 5.41) is 34.1. The molecule has 0 aliphatic carbocycles. The van der Waals surface area contributed by atoms with E-state index in [1.54, 1.807) is 31.5 Å². The highest BCUT2D eigenvalue weighted by molar-refractivity contribution is 7.90. The Kier molecular flexibility index (Phi) is 15.1. The topological polar surface area (TPSA) is 298 Å². The van der Waals surface area contributed by atoms with Gasteiger partial charge in [-0.3, -0.25) is 15.0 Å². The van der Waals surface area contributed by atoms with Crippen molar-refractivity contribution in [3.05, 3.63) is 94.0 Å². The SMILES string of the molecule is CC(C)(C)COc1ccn(-c2ccc(C(=O)O)c(Cl)n2)n1.Cc1[nH]ncc1S(=O)(=O)NC(=O)c1ccc(-n2ccc(OCC(C)(C)C)n2)nc1Cl.Cc1[nH]ncc1S(N)(=O)=O. The first-order valence-corrected chi connectivity index (χ1v) is 21.6. The molecule has 0 spiro atoms. The van der Waals surface area contributed by atoms with Gasteiger partial charge in [0.15, 0.2) is 11.6 Å². The maximum atomic E-state index is 12.4. The van der Waals surface area contributed by atoms with Crippen LogP contribution < -0.4 is 19.3 Å². The van der Waals surface area contributed by atoms with E-state index in [0.717, 1.165) is 6.20 Å². The zero-order chi connectivity index (χ0) is 45.5. The second-order valence-corrected chi connectivity index (χ2v) is 19.3. The third-order valence-electron chi connectivity index (χ3n) is 7.44. The fraction of sp³-hybridized carbons (Fsp3) is 0.333. The van der Waals surface area contributed by atoms with Crippen LogP contribution in [-0.2, 0) is 20.0 Å². The van der Waals surface area contributed by atoms with Gasteiger partial charge in [0.05, 0.1) is 48.1 Å². The molecule has 25 heteroatoms. The molecule has 0 aliphatic heterocycles. The number of rotatable bonds is 11. The number of carbonyl (C=O) groups is 2. The Morgan fingerprint density at radius 3 is 1.51 bits per heavy atom. The minimum atomic E-state index is -4.10. The normalized spacial score (nSPS) is 11.8. The molecule has 0 radical (unpaired) electrons. The molecule has 0 bridgehead atoms. The van der Waals surface area contributed by atoms with E-state index in [1.807, 2.05) is 25.5 Å². The summed E-state index contributed by atoms with van der Waals surface area (Å²) in [6, 6.07) is 9.20. The van der Waals surface area contributed by atoms with Crippen molar-refractivity contribution >= 4 is 55.1 Å². The zero-order valence-electron chi connectivity index (χ0n) is 34.1. The van der Waals surface area contributed by atoms with Gasteiger partial charge < -0.3 is 14.6 Å². The van der Waals surface area contributed by atoms with Gasteiger partial charge in [-0.1, -0.05) is 64.7 Å². The number of aromatic amines is 2. The number of carbonyl (C=O) groups excluding carboxylic acids is 1. The van der Waals surface area contributed by atoms with Crippen molar-refractivity contribution in [3.63, 3.8) is 0 Å². The van der Waals surface area contributed by atoms with Crippen LogP contribution in [0, 0.1) is 24.7 Å². The highest BCUT2D eigenvalue weighted by atomic mass is 35.5. The number of hydrogen-bond donors (Lipinski definition) is 5. The molecule has 0 aliphatic rings. The second-order valence-electron chi connectivity index (χ2n) is 15.4. The van der Waals surface area contributed by atoms with E-state index in [4.69, 9.17) is 42.9 Å². The van der Waals surface area contributed by atoms with Crippen LogP contribution in [0.4, 0.5) is 0 Å². The zero-order valence-corrected chi connectivity index (χ0v) is 37.3. The summed E-state index contributed by atoms with van der Waals surface area (Å²) in [6.45, 7) is 16.5. The predicted octanol–water partition coefficient (Wildman–Crippen LogP) is 4.91. The van der Waals surface area contributed by atoms with Crippen LogP contribution in [0.1, 0.15) is 73.6 Å². The summed E-state index contributed by atoms with van der Waals surface area (Å²) in [5.74, 6) is -0.356. The molecule has 1 amide bonds. The molecule has 0 unspecified atom stereocenters. The Bertz CT molecular complexity index is 2720. The molecule has 0 saturated heterocycles. The van der Waals surface area contributed by atoms with Gasteiger partial charge in [-0.05, 0) is 48.9 Å². The molecule has 61 heavy (non-hydrogen) atoms. The predicted molar refractivity (Wildman–Crippen MR) is 222 cm³/mol. The molecule has 6 aromatic rings. The van der Waals surface area contributed by atoms with Crippen LogP contribution in [0.3, 0.4) is 0 Å². The minimum absolute atomic E-state index is 0.0182. The van der Waals surface area contributed by atoms with Crippen molar-refractivity contribution in [3.8, 4) is 23.4 Å². The quantitative estimate of drug-likeness (QED) is 0.108. The van der Waals surface area contributed by atoms with Crippen molar-refractivity contribution < 1.29 is 41.0 Å². The maximum Gasteiger partial charge on any atom is 0.338 e. The van der Waals surface area contributed by atoms with E-state index in [9.17, 15) is 26.4 Å². The molecule has 0 atom stereocenters. The van der Waals surface area contributed by atoms with Crippen molar-refractivity contribution in [1.29, 1.82) is 0 Å². The van der Waals surface area contributed by atoms with Crippen molar-refractivity contribution in [1.82, 2.24) is 54.6 Å². The maximum absolute atomic E-state index is 12.4. The summed E-state index contributed by atoms with van der Waals surface area (Å²) >= 11 is 12.0. The van der Waals surface area contributed by atoms with E-state index >= 15 is 0 Å². The fourth-order valence-electron chi connectivity index (χ4n) is 4.51. The number of H-pyrrole nitrogens is 2. The number of pyridine rings is 2. The number of carboxylic acids is 1. The number of nitrogens with one attached hydrogen (secondary N) is 3. The molecule has 21 nitrogen and oxygen atoms in total. The average molecular weight is 924 g/mol. The Hall–Kier alpha value is -5.88. The number of aryl methyl sites for hydroxylation is 2. The van der Waals surface area contributed by atoms with Gasteiger partial charge in [-0.15, -0.1) is 10.2 Å². The van der Waals surface area contributed by atoms with E-state index in [2.05, 4.69) is 61.3 Å². The lowest BCUT2D eigenvalue weighted by atomic mass is 9.99. The molecule has 6 aromatic heterocycles. The number of carboxylic acid groups (broad SMARTS) is 1. The number of nitrogens with zero attached hydrogens (tertiary/aromatic N) is 8. The smallest absolute Gasteiger partial charge is 0.338 e. The number of primary sulfonamides is 1. The van der Waals surface area contributed by atoms with Crippen LogP contribution in [0.5, 0.6) is 11.8 Å². The minimum Gasteiger partial charge on any atom is -0.478 e. The van der Waals surface area contributed by atoms with E-state index < -0.39 is 31.9 Å². The number of aromatic carboxylic acids is 1. The molecule has 0 aromatic carbocycles. The molecular formula is C36H44Cl2N12O9S2. The summed E-state index contributed by atoms with van der Waals surface area (Å²) < 4.78 is 62.1. The summed E-state index contributed by atoms with van der Waals surface area (Å²) in [6.07, 6.45) is 5.62. The van der Waals surface area contributed by atoms with Crippen molar-refractivity contribution in [2.24, 2.45) is 16.0 Å². The molecule has 6 N–H and O–H groups in total. The summed E-state index contributed by atoms with van der Waals surface area (Å²) in [7, 11) is -7.69. The molecule has 328 valence electrons. The Morgan fingerprint density at radius 2 is 1.16 bits per heavy atom. The highest BCUT2D eigenvalue weighted by Crippen LogP contribution is 2.22. The third kappa shape index (κ3) is 13.8. The number of ether oxygens (including phenoxy) is 2. The van der Waals surface area contributed by atoms with Crippen LogP contribution >= 0.6 is 23.2 Å². The fourth-order valence-corrected chi connectivity index (χ4v) is 6.75. The van der Waals surface area contributed by atoms with Gasteiger partial charge in [0.1, 0.15) is 20.1 Å².